The Bertz CT molecular complexity index is 2120. The van der Waals surface area contributed by atoms with Crippen LogP contribution in [0, 0.1) is 22.7 Å². The first-order chi connectivity index (χ1) is 20.3. The molecular formula is C38H30N4. The summed E-state index contributed by atoms with van der Waals surface area (Å²) in [6.45, 7) is 9.51. The third kappa shape index (κ3) is 3.05. The van der Waals surface area contributed by atoms with Gasteiger partial charge in [-0.1, -0.05) is 70.2 Å². The van der Waals surface area contributed by atoms with Crippen molar-refractivity contribution in [2.24, 2.45) is 0 Å². The van der Waals surface area contributed by atoms with E-state index >= 15 is 0 Å². The van der Waals surface area contributed by atoms with E-state index in [0.29, 0.717) is 11.1 Å². The number of anilines is 2. The number of rotatable bonds is 3. The molecule has 0 fully saturated rings. The summed E-state index contributed by atoms with van der Waals surface area (Å²) < 4.78 is 2.58. The van der Waals surface area contributed by atoms with Crippen LogP contribution in [0.2, 0.25) is 0 Å². The molecule has 1 unspecified atom stereocenters. The molecular weight excluding hydrogens is 512 g/mol. The maximum absolute atomic E-state index is 9.47. The second-order valence-corrected chi connectivity index (χ2v) is 12.9. The number of fused-ring (bicyclic) bond motifs is 1. The second kappa shape index (κ2) is 8.25. The molecule has 0 bridgehead atoms. The highest BCUT2D eigenvalue weighted by Crippen LogP contribution is 2.50. The largest absolute Gasteiger partial charge is 0.334 e. The van der Waals surface area contributed by atoms with E-state index in [4.69, 9.17) is 0 Å². The molecule has 1 atom stereocenters. The zero-order valence-corrected chi connectivity index (χ0v) is 24.2. The van der Waals surface area contributed by atoms with Gasteiger partial charge < -0.3 is 9.47 Å². The van der Waals surface area contributed by atoms with Gasteiger partial charge in [-0.2, -0.15) is 10.5 Å². The molecule has 0 spiro atoms. The summed E-state index contributed by atoms with van der Waals surface area (Å²) in [5, 5.41) is 22.9. The first kappa shape index (κ1) is 24.7. The Morgan fingerprint density at radius 2 is 1.26 bits per heavy atom. The Kier molecular flexibility index (Phi) is 4.85. The molecule has 0 N–H and O–H groups in total. The summed E-state index contributed by atoms with van der Waals surface area (Å²) in [6.07, 6.45) is 3.32. The number of nitriles is 2. The van der Waals surface area contributed by atoms with Gasteiger partial charge in [0.2, 0.25) is 0 Å². The van der Waals surface area contributed by atoms with Crippen LogP contribution in [0.25, 0.3) is 28.2 Å². The molecule has 1 aromatic heterocycles. The van der Waals surface area contributed by atoms with Crippen molar-refractivity contribution in [1.82, 2.24) is 4.57 Å². The van der Waals surface area contributed by atoms with Crippen molar-refractivity contribution in [3.05, 3.63) is 123 Å². The van der Waals surface area contributed by atoms with Gasteiger partial charge in [0.25, 0.3) is 0 Å². The average Bonchev–Trinajstić information content (AvgIpc) is 3.34. The van der Waals surface area contributed by atoms with E-state index in [-0.39, 0.29) is 16.9 Å². The summed E-state index contributed by atoms with van der Waals surface area (Å²) >= 11 is 0. The van der Waals surface area contributed by atoms with Crippen molar-refractivity contribution < 1.29 is 0 Å². The molecule has 2 aliphatic heterocycles. The minimum atomic E-state index is -0.161. The van der Waals surface area contributed by atoms with Crippen molar-refractivity contribution in [2.75, 3.05) is 4.90 Å². The van der Waals surface area contributed by atoms with Gasteiger partial charge in [-0.3, -0.25) is 0 Å². The molecule has 5 aromatic rings. The van der Waals surface area contributed by atoms with E-state index in [1.165, 1.54) is 49.4 Å². The van der Waals surface area contributed by atoms with Crippen molar-refractivity contribution >= 4 is 33.9 Å². The lowest BCUT2D eigenvalue weighted by molar-refractivity contribution is 0.585. The molecule has 0 saturated carbocycles. The van der Waals surface area contributed by atoms with E-state index in [0.717, 1.165) is 17.8 Å². The molecule has 4 heteroatoms. The van der Waals surface area contributed by atoms with Crippen LogP contribution in [0.1, 0.15) is 61.9 Å². The van der Waals surface area contributed by atoms with Crippen LogP contribution < -0.4 is 15.5 Å². The summed E-state index contributed by atoms with van der Waals surface area (Å²) in [6, 6.07) is 34.0. The molecule has 4 aromatic carbocycles. The molecule has 42 heavy (non-hydrogen) atoms. The Hall–Kier alpha value is -5.06. The fraction of sp³-hybridized carbons (Fsp3) is 0.211. The van der Waals surface area contributed by atoms with Crippen molar-refractivity contribution in [3.8, 4) is 17.8 Å². The molecule has 3 aliphatic rings. The smallest absolute Gasteiger partial charge is 0.0991 e. The molecule has 202 valence electrons. The Morgan fingerprint density at radius 1 is 0.714 bits per heavy atom. The number of benzene rings is 4. The minimum Gasteiger partial charge on any atom is -0.334 e. The lowest BCUT2D eigenvalue weighted by atomic mass is 9.67. The Labute approximate surface area is 245 Å². The van der Waals surface area contributed by atoms with Crippen LogP contribution in [-0.2, 0) is 10.8 Å². The Morgan fingerprint density at radius 3 is 1.86 bits per heavy atom. The third-order valence-electron chi connectivity index (χ3n) is 10.0. The fourth-order valence-electron chi connectivity index (χ4n) is 7.86. The number of aromatic nitrogens is 1. The molecule has 3 heterocycles. The van der Waals surface area contributed by atoms with Crippen LogP contribution in [0.15, 0.2) is 84.9 Å². The fourth-order valence-corrected chi connectivity index (χ4v) is 7.86. The van der Waals surface area contributed by atoms with Crippen LogP contribution in [0.3, 0.4) is 0 Å². The van der Waals surface area contributed by atoms with Crippen LogP contribution in [-0.4, -0.2) is 10.6 Å². The zero-order chi connectivity index (χ0) is 29.0. The van der Waals surface area contributed by atoms with Gasteiger partial charge in [0.15, 0.2) is 0 Å². The highest BCUT2D eigenvalue weighted by atomic mass is 15.2. The third-order valence-corrected chi connectivity index (χ3v) is 10.0. The molecule has 0 amide bonds. The standard InChI is InChI=1S/C38H30N4/c1-37(2)30-8-5-7-28-29-19-27(41(25-15-11-23(21-39)12-16-25)26-17-13-24(22-40)14-18-26)20-33-35(29)42(34(28)30)36-31(37)9-6-10-32(36)38(33,3)4/h5-19,27H,20H2,1-4H3. The van der Waals surface area contributed by atoms with Crippen molar-refractivity contribution in [1.29, 1.82) is 10.5 Å². The van der Waals surface area contributed by atoms with Gasteiger partial charge in [0.05, 0.1) is 45.9 Å². The van der Waals surface area contributed by atoms with Crippen molar-refractivity contribution in [2.45, 2.75) is 51.0 Å². The number of para-hydroxylation sites is 2. The highest BCUT2D eigenvalue weighted by molar-refractivity contribution is 5.94. The normalized spacial score (nSPS) is 18.1. The van der Waals surface area contributed by atoms with E-state index in [1.807, 2.05) is 48.5 Å². The molecule has 1 aliphatic carbocycles. The predicted octanol–water partition coefficient (Wildman–Crippen LogP) is 6.85. The van der Waals surface area contributed by atoms with Gasteiger partial charge in [-0.15, -0.1) is 0 Å². The quantitative estimate of drug-likeness (QED) is 0.251. The molecule has 4 nitrogen and oxygen atoms in total. The van der Waals surface area contributed by atoms with Gasteiger partial charge in [0, 0.05) is 32.8 Å². The molecule has 8 rings (SSSR count). The van der Waals surface area contributed by atoms with Gasteiger partial charge in [0.1, 0.15) is 0 Å². The topological polar surface area (TPSA) is 55.8 Å². The summed E-state index contributed by atoms with van der Waals surface area (Å²) in [7, 11) is 0. The van der Waals surface area contributed by atoms with Gasteiger partial charge >= 0.3 is 0 Å². The summed E-state index contributed by atoms with van der Waals surface area (Å²) in [5.41, 5.74) is 11.4. The average molecular weight is 543 g/mol. The highest BCUT2D eigenvalue weighted by Gasteiger charge is 2.44. The first-order valence-corrected chi connectivity index (χ1v) is 14.6. The zero-order valence-electron chi connectivity index (χ0n) is 24.2. The SMILES string of the molecule is CC1(C)C2=c3c(c4cccc5c4n3-c3c1cccc3C5(C)C)=CC(N(c1ccc(C#N)cc1)c1ccc(C#N)cc1)C2. The lowest BCUT2D eigenvalue weighted by Gasteiger charge is -2.44. The summed E-state index contributed by atoms with van der Waals surface area (Å²) in [4.78, 5) is 2.37. The predicted molar refractivity (Wildman–Crippen MR) is 168 cm³/mol. The van der Waals surface area contributed by atoms with Crippen LogP contribution in [0.5, 0.6) is 0 Å². The second-order valence-electron chi connectivity index (χ2n) is 12.9. The van der Waals surface area contributed by atoms with E-state index in [2.05, 4.69) is 91.8 Å². The lowest BCUT2D eigenvalue weighted by Crippen LogP contribution is -2.49. The minimum absolute atomic E-state index is 0.0360. The number of hydrogen-bond acceptors (Lipinski definition) is 3. The van der Waals surface area contributed by atoms with Crippen LogP contribution in [0.4, 0.5) is 11.4 Å². The van der Waals surface area contributed by atoms with E-state index < -0.39 is 0 Å². The van der Waals surface area contributed by atoms with E-state index in [9.17, 15) is 10.5 Å². The Balaban J connectivity index is 1.45. The van der Waals surface area contributed by atoms with Gasteiger partial charge in [-0.05, 0) is 77.2 Å². The van der Waals surface area contributed by atoms with Crippen LogP contribution >= 0.6 is 0 Å². The summed E-state index contributed by atoms with van der Waals surface area (Å²) in [5.74, 6) is 0. The maximum Gasteiger partial charge on any atom is 0.0991 e. The first-order valence-electron chi connectivity index (χ1n) is 14.6. The monoisotopic (exact) mass is 542 g/mol. The molecule has 0 radical (unpaired) electrons. The number of hydrogen-bond donors (Lipinski definition) is 0. The maximum atomic E-state index is 9.47. The van der Waals surface area contributed by atoms with Crippen molar-refractivity contribution in [3.63, 3.8) is 0 Å². The van der Waals surface area contributed by atoms with Gasteiger partial charge in [-0.25, -0.2) is 0 Å². The van der Waals surface area contributed by atoms with E-state index in [1.54, 1.807) is 0 Å². The molecule has 0 saturated heterocycles. The number of nitrogens with zero attached hydrogens (tertiary/aromatic N) is 4.